The number of sulfonamides is 1. The van der Waals surface area contributed by atoms with Crippen LogP contribution >= 0.6 is 0 Å². The molecule has 0 bridgehead atoms. The van der Waals surface area contributed by atoms with Gasteiger partial charge in [-0.2, -0.15) is 4.31 Å². The topological polar surface area (TPSA) is 66.5 Å². The lowest BCUT2D eigenvalue weighted by molar-refractivity contribution is 0.102. The number of carbonyl (C=O) groups excluding carboxylic acids is 1. The van der Waals surface area contributed by atoms with Crippen molar-refractivity contribution in [2.75, 3.05) is 18.4 Å². The number of hydrogen-bond donors (Lipinski definition) is 1. The van der Waals surface area contributed by atoms with Gasteiger partial charge in [0.15, 0.2) is 0 Å². The van der Waals surface area contributed by atoms with Crippen LogP contribution in [0.4, 0.5) is 5.69 Å². The summed E-state index contributed by atoms with van der Waals surface area (Å²) in [6.45, 7) is 4.81. The molecule has 3 aromatic carbocycles. The van der Waals surface area contributed by atoms with Gasteiger partial charge in [0.05, 0.1) is 4.90 Å². The van der Waals surface area contributed by atoms with E-state index in [0.717, 1.165) is 36.8 Å². The van der Waals surface area contributed by atoms with E-state index in [1.165, 1.54) is 33.0 Å². The quantitative estimate of drug-likeness (QED) is 0.540. The van der Waals surface area contributed by atoms with Crippen molar-refractivity contribution in [3.63, 3.8) is 0 Å². The molecule has 0 saturated heterocycles. The summed E-state index contributed by atoms with van der Waals surface area (Å²) in [6.07, 6.45) is 3.82. The predicted molar refractivity (Wildman–Crippen MR) is 125 cm³/mol. The van der Waals surface area contributed by atoms with Crippen LogP contribution in [0.3, 0.4) is 0 Å². The highest BCUT2D eigenvalue weighted by Gasteiger charge is 2.23. The van der Waals surface area contributed by atoms with Crippen LogP contribution < -0.4 is 5.32 Å². The molecular weight excluding hydrogens is 408 g/mol. The van der Waals surface area contributed by atoms with Gasteiger partial charge in [-0.3, -0.25) is 4.79 Å². The van der Waals surface area contributed by atoms with Crippen LogP contribution in [-0.2, 0) is 22.9 Å². The van der Waals surface area contributed by atoms with Crippen LogP contribution in [0.5, 0.6) is 0 Å². The van der Waals surface area contributed by atoms with E-state index in [-0.39, 0.29) is 10.8 Å². The van der Waals surface area contributed by atoms with E-state index in [2.05, 4.69) is 17.4 Å². The summed E-state index contributed by atoms with van der Waals surface area (Å²) in [6, 6.07) is 16.4. The highest BCUT2D eigenvalue weighted by Crippen LogP contribution is 2.35. The van der Waals surface area contributed by atoms with E-state index >= 15 is 0 Å². The summed E-state index contributed by atoms with van der Waals surface area (Å²) >= 11 is 0. The molecule has 1 amide bonds. The van der Waals surface area contributed by atoms with E-state index in [0.29, 0.717) is 18.7 Å². The van der Waals surface area contributed by atoms with Gasteiger partial charge in [0.2, 0.25) is 10.0 Å². The third-order valence-electron chi connectivity index (χ3n) is 5.99. The maximum Gasteiger partial charge on any atom is 0.255 e. The Bertz CT molecular complexity index is 1210. The minimum atomic E-state index is -3.55. The van der Waals surface area contributed by atoms with Crippen molar-refractivity contribution in [1.29, 1.82) is 0 Å². The second kappa shape index (κ2) is 8.81. The molecular formula is C25H28N2O3S. The van der Waals surface area contributed by atoms with Crippen molar-refractivity contribution >= 4 is 32.4 Å². The van der Waals surface area contributed by atoms with Crippen LogP contribution in [0.2, 0.25) is 0 Å². The van der Waals surface area contributed by atoms with E-state index in [1.54, 1.807) is 12.1 Å². The zero-order valence-electron chi connectivity index (χ0n) is 18.0. The second-order valence-electron chi connectivity index (χ2n) is 7.94. The van der Waals surface area contributed by atoms with Crippen molar-refractivity contribution in [3.8, 4) is 0 Å². The zero-order valence-corrected chi connectivity index (χ0v) is 18.8. The van der Waals surface area contributed by atoms with Gasteiger partial charge in [-0.15, -0.1) is 0 Å². The third-order valence-corrected chi connectivity index (χ3v) is 7.98. The fourth-order valence-corrected chi connectivity index (χ4v) is 5.75. The Morgan fingerprint density at radius 3 is 2.35 bits per heavy atom. The van der Waals surface area contributed by atoms with Gasteiger partial charge in [0.25, 0.3) is 5.91 Å². The van der Waals surface area contributed by atoms with Crippen LogP contribution in [0, 0.1) is 0 Å². The van der Waals surface area contributed by atoms with Crippen LogP contribution in [0.1, 0.15) is 48.2 Å². The van der Waals surface area contributed by atoms with E-state index in [9.17, 15) is 13.2 Å². The molecule has 0 aliphatic heterocycles. The van der Waals surface area contributed by atoms with Crippen LogP contribution in [-0.4, -0.2) is 31.7 Å². The highest BCUT2D eigenvalue weighted by molar-refractivity contribution is 7.89. The number of benzene rings is 3. The van der Waals surface area contributed by atoms with Gasteiger partial charge in [-0.1, -0.05) is 44.5 Å². The van der Waals surface area contributed by atoms with E-state index < -0.39 is 10.0 Å². The number of aryl methyl sites for hydroxylation is 2. The van der Waals surface area contributed by atoms with E-state index in [1.807, 2.05) is 32.0 Å². The number of unbranched alkanes of at least 4 members (excludes halogenated alkanes) is 1. The van der Waals surface area contributed by atoms with Crippen molar-refractivity contribution in [1.82, 2.24) is 4.31 Å². The maximum absolute atomic E-state index is 12.9. The van der Waals surface area contributed by atoms with Crippen LogP contribution in [0.15, 0.2) is 59.5 Å². The normalized spacial score (nSPS) is 13.1. The molecule has 0 saturated carbocycles. The number of anilines is 1. The molecule has 0 unspecified atom stereocenters. The molecule has 6 heteroatoms. The molecule has 31 heavy (non-hydrogen) atoms. The number of hydrogen-bond acceptors (Lipinski definition) is 3. The first kappa shape index (κ1) is 21.5. The monoisotopic (exact) mass is 436 g/mol. The molecule has 162 valence electrons. The Balaban J connectivity index is 1.55. The first-order chi connectivity index (χ1) is 15.0. The predicted octanol–water partition coefficient (Wildman–Crippen LogP) is 5.00. The molecule has 0 aromatic heterocycles. The number of amides is 1. The highest BCUT2D eigenvalue weighted by atomic mass is 32.2. The lowest BCUT2D eigenvalue weighted by Crippen LogP contribution is -2.31. The summed E-state index contributed by atoms with van der Waals surface area (Å²) in [5.41, 5.74) is 3.85. The molecule has 0 fully saturated rings. The molecule has 3 aromatic rings. The van der Waals surface area contributed by atoms with Gasteiger partial charge < -0.3 is 5.32 Å². The lowest BCUT2D eigenvalue weighted by atomic mass is 10.0. The molecule has 0 spiro atoms. The van der Waals surface area contributed by atoms with Crippen molar-refractivity contribution in [3.05, 3.63) is 71.3 Å². The Labute approximate surface area is 184 Å². The fraction of sp³-hybridized carbons (Fsp3) is 0.320. The Hall–Kier alpha value is -2.70. The van der Waals surface area contributed by atoms with Gasteiger partial charge in [0.1, 0.15) is 0 Å². The van der Waals surface area contributed by atoms with Crippen molar-refractivity contribution in [2.45, 2.75) is 44.4 Å². The van der Waals surface area contributed by atoms with E-state index in [4.69, 9.17) is 0 Å². The van der Waals surface area contributed by atoms with Gasteiger partial charge in [-0.25, -0.2) is 8.42 Å². The number of nitrogens with one attached hydrogen (secondary N) is 1. The minimum Gasteiger partial charge on any atom is -0.321 e. The molecule has 1 aliphatic rings. The molecule has 0 radical (unpaired) electrons. The molecule has 4 rings (SSSR count). The average Bonchev–Trinajstić information content (AvgIpc) is 3.21. The lowest BCUT2D eigenvalue weighted by Gasteiger charge is -2.20. The average molecular weight is 437 g/mol. The van der Waals surface area contributed by atoms with Crippen molar-refractivity contribution in [2.24, 2.45) is 0 Å². The first-order valence-electron chi connectivity index (χ1n) is 10.9. The standard InChI is InChI=1S/C25H28N2O3S/c1-3-5-17-27(4-2)31(29,30)21-14-11-20(12-15-21)25(28)26-23-16-13-19-10-9-18-7-6-8-22(23)24(18)19/h6-8,11-16H,3-5,9-10,17H2,1-2H3,(H,26,28). The van der Waals surface area contributed by atoms with Crippen molar-refractivity contribution < 1.29 is 13.2 Å². The molecule has 0 atom stereocenters. The smallest absolute Gasteiger partial charge is 0.255 e. The molecule has 0 heterocycles. The molecule has 1 N–H and O–H groups in total. The SMILES string of the molecule is CCCCN(CC)S(=O)(=O)c1ccc(C(=O)Nc2ccc3c4c(cccc24)CC3)cc1. The van der Waals surface area contributed by atoms with Gasteiger partial charge in [0, 0.05) is 29.7 Å². The Morgan fingerprint density at radius 1 is 0.968 bits per heavy atom. The summed E-state index contributed by atoms with van der Waals surface area (Å²) in [5.74, 6) is -0.249. The maximum atomic E-state index is 12.9. The number of nitrogens with zero attached hydrogens (tertiary/aromatic N) is 1. The number of carbonyl (C=O) groups is 1. The Kier molecular flexibility index (Phi) is 6.12. The second-order valence-corrected chi connectivity index (χ2v) is 9.88. The molecule has 1 aliphatic carbocycles. The first-order valence-corrected chi connectivity index (χ1v) is 12.3. The summed E-state index contributed by atoms with van der Waals surface area (Å²) in [5, 5.41) is 5.30. The molecule has 5 nitrogen and oxygen atoms in total. The summed E-state index contributed by atoms with van der Waals surface area (Å²) in [7, 11) is -3.55. The van der Waals surface area contributed by atoms with Gasteiger partial charge >= 0.3 is 0 Å². The summed E-state index contributed by atoms with van der Waals surface area (Å²) in [4.78, 5) is 13.1. The summed E-state index contributed by atoms with van der Waals surface area (Å²) < 4.78 is 27.3. The number of rotatable bonds is 8. The third kappa shape index (κ3) is 4.10. The van der Waals surface area contributed by atoms with Crippen LogP contribution in [0.25, 0.3) is 10.8 Å². The zero-order chi connectivity index (χ0) is 22.0. The fourth-order valence-electron chi connectivity index (χ4n) is 4.26. The largest absolute Gasteiger partial charge is 0.321 e. The minimum absolute atomic E-state index is 0.215. The Morgan fingerprint density at radius 2 is 1.68 bits per heavy atom. The van der Waals surface area contributed by atoms with Gasteiger partial charge in [-0.05, 0) is 66.1 Å².